The van der Waals surface area contributed by atoms with E-state index in [1.807, 2.05) is 47.1 Å². The van der Waals surface area contributed by atoms with Crippen molar-refractivity contribution < 1.29 is 19.0 Å². The molecule has 45 heavy (non-hydrogen) atoms. The lowest BCUT2D eigenvalue weighted by atomic mass is 9.95. The third-order valence-electron chi connectivity index (χ3n) is 8.74. The summed E-state index contributed by atoms with van der Waals surface area (Å²) in [7, 11) is 5.13. The van der Waals surface area contributed by atoms with Gasteiger partial charge in [-0.15, -0.1) is 0 Å². The number of aromatic nitrogens is 2. The normalized spacial score (nSPS) is 22.9. The summed E-state index contributed by atoms with van der Waals surface area (Å²) in [5, 5.41) is 15.1. The minimum Gasteiger partial charge on any atom is -0.497 e. The number of carbonyl (C=O) groups excluding carboxylic acids is 1. The highest BCUT2D eigenvalue weighted by Gasteiger charge is 2.51. The fourth-order valence-electron chi connectivity index (χ4n) is 6.57. The van der Waals surface area contributed by atoms with Crippen LogP contribution < -0.4 is 20.7 Å². The first-order valence-corrected chi connectivity index (χ1v) is 15.9. The van der Waals surface area contributed by atoms with E-state index in [9.17, 15) is 4.79 Å². The lowest BCUT2D eigenvalue weighted by Gasteiger charge is -2.56. The van der Waals surface area contributed by atoms with Gasteiger partial charge in [0, 0.05) is 59.1 Å². The van der Waals surface area contributed by atoms with Gasteiger partial charge in [0.05, 0.1) is 37.7 Å². The van der Waals surface area contributed by atoms with Gasteiger partial charge in [-0.2, -0.15) is 5.10 Å². The van der Waals surface area contributed by atoms with Crippen LogP contribution in [0.4, 0.5) is 0 Å². The highest BCUT2D eigenvalue weighted by molar-refractivity contribution is 5.78. The Morgan fingerprint density at radius 3 is 2.53 bits per heavy atom. The molecule has 0 radical (unpaired) electrons. The number of carbonyl (C=O) groups is 1. The largest absolute Gasteiger partial charge is 0.497 e. The van der Waals surface area contributed by atoms with E-state index < -0.39 is 5.72 Å². The van der Waals surface area contributed by atoms with Crippen LogP contribution in [0, 0.1) is 5.92 Å². The van der Waals surface area contributed by atoms with Gasteiger partial charge in [-0.3, -0.25) is 19.9 Å². The zero-order valence-corrected chi connectivity index (χ0v) is 27.3. The number of amides is 1. The maximum atomic E-state index is 13.3. The summed E-state index contributed by atoms with van der Waals surface area (Å²) < 4.78 is 19.7. The van der Waals surface area contributed by atoms with E-state index >= 15 is 0 Å². The Morgan fingerprint density at radius 1 is 1.07 bits per heavy atom. The number of ether oxygens (including phenoxy) is 3. The number of hydrogen-bond donors (Lipinski definition) is 3. The van der Waals surface area contributed by atoms with Gasteiger partial charge in [-0.25, -0.2) is 4.68 Å². The third-order valence-corrected chi connectivity index (χ3v) is 8.74. The molecule has 3 aromatic rings. The first-order valence-electron chi connectivity index (χ1n) is 15.9. The maximum absolute atomic E-state index is 13.3. The molecule has 3 atom stereocenters. The van der Waals surface area contributed by atoms with Crippen molar-refractivity contribution in [2.45, 2.75) is 51.2 Å². The zero-order chi connectivity index (χ0) is 31.8. The summed E-state index contributed by atoms with van der Waals surface area (Å²) in [5.74, 6) is 1.24. The summed E-state index contributed by atoms with van der Waals surface area (Å²) in [6.07, 6.45) is 1.35. The van der Waals surface area contributed by atoms with Gasteiger partial charge >= 0.3 is 0 Å². The average molecular weight is 620 g/mol. The van der Waals surface area contributed by atoms with Crippen molar-refractivity contribution in [3.63, 3.8) is 0 Å². The number of benzene rings is 2. The topological polar surface area (TPSA) is 105 Å². The highest BCUT2D eigenvalue weighted by Crippen LogP contribution is 2.33. The number of hydrogen-bond acceptors (Lipinski definition) is 9. The molecular formula is C34H49N7O4. The Bertz CT molecular complexity index is 1370. The van der Waals surface area contributed by atoms with Crippen LogP contribution in [-0.4, -0.2) is 104 Å². The van der Waals surface area contributed by atoms with Gasteiger partial charge in [-0.1, -0.05) is 44.2 Å². The molecule has 2 saturated heterocycles. The van der Waals surface area contributed by atoms with E-state index in [1.54, 1.807) is 21.3 Å². The molecule has 1 aromatic heterocycles. The molecule has 3 N–H and O–H groups in total. The molecule has 0 aliphatic carbocycles. The number of rotatable bonds is 13. The summed E-state index contributed by atoms with van der Waals surface area (Å²) in [5.41, 5.74) is 3.23. The fourth-order valence-corrected chi connectivity index (χ4v) is 6.57. The molecule has 2 aliphatic heterocycles. The summed E-state index contributed by atoms with van der Waals surface area (Å²) in [6, 6.07) is 20.3. The van der Waals surface area contributed by atoms with Crippen LogP contribution in [0.15, 0.2) is 60.7 Å². The molecule has 3 heterocycles. The van der Waals surface area contributed by atoms with Crippen molar-refractivity contribution in [3.8, 4) is 11.4 Å². The van der Waals surface area contributed by atoms with Crippen LogP contribution in [0.1, 0.15) is 30.8 Å². The zero-order valence-electron chi connectivity index (χ0n) is 27.3. The van der Waals surface area contributed by atoms with Gasteiger partial charge in [0.15, 0.2) is 12.0 Å². The Labute approximate surface area is 267 Å². The molecule has 2 fully saturated rings. The number of methoxy groups -OCH3 is 3. The van der Waals surface area contributed by atoms with E-state index in [2.05, 4.69) is 57.8 Å². The molecule has 3 unspecified atom stereocenters. The third kappa shape index (κ3) is 7.74. The molecule has 0 spiro atoms. The molecule has 11 heteroatoms. The summed E-state index contributed by atoms with van der Waals surface area (Å²) in [4.78, 5) is 18.0. The predicted molar refractivity (Wildman–Crippen MR) is 174 cm³/mol. The van der Waals surface area contributed by atoms with Gasteiger partial charge in [0.1, 0.15) is 5.75 Å². The van der Waals surface area contributed by atoms with Crippen LogP contribution in [0.2, 0.25) is 0 Å². The second-order valence-corrected chi connectivity index (χ2v) is 12.2. The van der Waals surface area contributed by atoms with Crippen molar-refractivity contribution in [2.24, 2.45) is 5.92 Å². The average Bonchev–Trinajstić information content (AvgIpc) is 3.45. The molecule has 1 amide bonds. The Kier molecular flexibility index (Phi) is 11.2. The van der Waals surface area contributed by atoms with E-state index in [4.69, 9.17) is 19.3 Å². The van der Waals surface area contributed by atoms with Crippen molar-refractivity contribution in [1.29, 1.82) is 0 Å². The number of piperazine rings is 2. The summed E-state index contributed by atoms with van der Waals surface area (Å²) in [6.45, 7) is 8.69. The van der Waals surface area contributed by atoms with Gasteiger partial charge in [0.25, 0.3) is 0 Å². The first kappa shape index (κ1) is 33.1. The molecule has 2 aromatic carbocycles. The smallest absolute Gasteiger partial charge is 0.227 e. The molecule has 2 aliphatic rings. The van der Waals surface area contributed by atoms with Crippen LogP contribution >= 0.6 is 0 Å². The van der Waals surface area contributed by atoms with Crippen molar-refractivity contribution in [3.05, 3.63) is 77.6 Å². The first-order chi connectivity index (χ1) is 21.9. The number of nitrogens with one attached hydrogen (secondary N) is 3. The minimum absolute atomic E-state index is 0.0214. The Hall–Kier alpha value is -3.32. The quantitative estimate of drug-likeness (QED) is 0.266. The number of nitrogens with zero attached hydrogens (tertiary/aromatic N) is 4. The fraction of sp³-hybridized carbons (Fsp3) is 0.529. The lowest BCUT2D eigenvalue weighted by molar-refractivity contribution is -0.257. The van der Waals surface area contributed by atoms with E-state index in [-0.39, 0.29) is 24.7 Å². The van der Waals surface area contributed by atoms with Crippen molar-refractivity contribution in [2.75, 3.05) is 60.7 Å². The lowest BCUT2D eigenvalue weighted by Crippen LogP contribution is -2.76. The van der Waals surface area contributed by atoms with Crippen molar-refractivity contribution in [1.82, 2.24) is 35.5 Å². The van der Waals surface area contributed by atoms with Gasteiger partial charge in [-0.05, 0) is 48.2 Å². The van der Waals surface area contributed by atoms with Gasteiger partial charge in [0.2, 0.25) is 5.91 Å². The van der Waals surface area contributed by atoms with Gasteiger partial charge < -0.3 is 24.8 Å². The molecular weight excluding hydrogens is 570 g/mol. The molecule has 5 rings (SSSR count). The predicted octanol–water partition coefficient (Wildman–Crippen LogP) is 2.39. The van der Waals surface area contributed by atoms with E-state index in [1.165, 1.54) is 0 Å². The maximum Gasteiger partial charge on any atom is 0.227 e. The molecule has 0 saturated carbocycles. The highest BCUT2D eigenvalue weighted by atomic mass is 16.6. The Balaban J connectivity index is 1.30. The monoisotopic (exact) mass is 619 g/mol. The molecule has 244 valence electrons. The minimum atomic E-state index is -0.773. The SMILES string of the molecule is COc1ccc(CC2(OC)C(OC)NCCN2C2CNCCN2CNC(=O)Cc2cc(CC(C)C)n(-c3ccccc3)n2)cc1. The second kappa shape index (κ2) is 15.3. The van der Waals surface area contributed by atoms with Crippen LogP contribution in [0.3, 0.4) is 0 Å². The molecule has 0 bridgehead atoms. The number of para-hydroxylation sites is 1. The van der Waals surface area contributed by atoms with Crippen LogP contribution in [0.5, 0.6) is 5.75 Å². The van der Waals surface area contributed by atoms with E-state index in [0.29, 0.717) is 19.0 Å². The van der Waals surface area contributed by atoms with Crippen LogP contribution in [-0.2, 0) is 33.5 Å². The molecule has 11 nitrogen and oxygen atoms in total. The summed E-state index contributed by atoms with van der Waals surface area (Å²) >= 11 is 0. The second-order valence-electron chi connectivity index (χ2n) is 12.2. The van der Waals surface area contributed by atoms with Crippen LogP contribution in [0.25, 0.3) is 5.69 Å². The standard InChI is InChI=1S/C34H49N7O4/c1-25(2)19-29-20-27(38-41(29)28-9-7-6-8-10-28)21-31(42)37-24-39-17-15-35-23-32(39)40-18-16-36-33(44-4)34(40,45-5)22-26-11-13-30(43-3)14-12-26/h6-14,20,25,32-33,35-36H,15-19,21-24H2,1-5H3,(H,37,42). The Morgan fingerprint density at radius 2 is 1.84 bits per heavy atom. The van der Waals surface area contributed by atoms with E-state index in [0.717, 1.165) is 67.5 Å². The van der Waals surface area contributed by atoms with Crippen molar-refractivity contribution >= 4 is 5.91 Å².